The van der Waals surface area contributed by atoms with E-state index in [9.17, 15) is 9.18 Å². The molecule has 3 rings (SSSR count). The molecule has 0 saturated heterocycles. The van der Waals surface area contributed by atoms with Gasteiger partial charge in [-0.05, 0) is 54.6 Å². The highest BCUT2D eigenvalue weighted by molar-refractivity contribution is 6.34. The normalized spacial score (nSPS) is 10.5. The number of carbonyl (C=O) groups excluding carboxylic acids is 1. The number of benzene rings is 2. The topological polar surface area (TPSA) is 68.3 Å². The first-order valence-electron chi connectivity index (χ1n) is 6.75. The Bertz CT molecular complexity index is 859. The van der Waals surface area contributed by atoms with E-state index in [1.54, 1.807) is 42.5 Å². The molecule has 0 spiro atoms. The van der Waals surface area contributed by atoms with Gasteiger partial charge in [-0.3, -0.25) is 4.79 Å². The van der Waals surface area contributed by atoms with Gasteiger partial charge in [0.05, 0.1) is 10.7 Å². The predicted octanol–water partition coefficient (Wildman–Crippen LogP) is 4.57. The molecule has 2 aromatic carbocycles. The fraction of sp³-hybridized carbons (Fsp3) is 0. The second kappa shape index (κ2) is 6.14. The smallest absolute Gasteiger partial charge is 0.291 e. The van der Waals surface area contributed by atoms with Crippen LogP contribution in [0.15, 0.2) is 59.0 Å². The van der Waals surface area contributed by atoms with Crippen LogP contribution in [-0.4, -0.2) is 5.91 Å². The van der Waals surface area contributed by atoms with E-state index in [1.165, 1.54) is 12.1 Å². The molecule has 0 unspecified atom stereocenters. The average molecular weight is 331 g/mol. The molecule has 1 aromatic heterocycles. The van der Waals surface area contributed by atoms with Gasteiger partial charge < -0.3 is 15.5 Å². The number of rotatable bonds is 3. The lowest BCUT2D eigenvalue weighted by Gasteiger charge is -2.06. The van der Waals surface area contributed by atoms with Crippen LogP contribution < -0.4 is 11.1 Å². The lowest BCUT2D eigenvalue weighted by Crippen LogP contribution is -2.11. The van der Waals surface area contributed by atoms with Gasteiger partial charge in [-0.2, -0.15) is 0 Å². The molecule has 116 valence electrons. The summed E-state index contributed by atoms with van der Waals surface area (Å²) in [5.41, 5.74) is 7.22. The summed E-state index contributed by atoms with van der Waals surface area (Å²) in [7, 11) is 0. The number of amides is 1. The number of hydrogen-bond acceptors (Lipinski definition) is 3. The lowest BCUT2D eigenvalue weighted by molar-refractivity contribution is 0.0997. The van der Waals surface area contributed by atoms with Crippen molar-refractivity contribution < 1.29 is 13.6 Å². The standard InChI is InChI=1S/C17H12ClFN2O2/c18-13-9-12(20)5-6-14(13)21-17(22)16-8-7-15(23-16)10-1-3-11(19)4-2-10/h1-9H,20H2,(H,21,22). The minimum absolute atomic E-state index is 0.122. The van der Waals surface area contributed by atoms with Crippen molar-refractivity contribution in [2.24, 2.45) is 0 Å². The monoisotopic (exact) mass is 330 g/mol. The second-order valence-corrected chi connectivity index (χ2v) is 5.27. The summed E-state index contributed by atoms with van der Waals surface area (Å²) in [6.45, 7) is 0. The number of nitrogens with one attached hydrogen (secondary N) is 1. The molecule has 0 aliphatic rings. The Morgan fingerprint density at radius 2 is 1.83 bits per heavy atom. The van der Waals surface area contributed by atoms with Crippen LogP contribution in [0, 0.1) is 5.82 Å². The van der Waals surface area contributed by atoms with Crippen molar-refractivity contribution in [1.29, 1.82) is 0 Å². The van der Waals surface area contributed by atoms with Crippen LogP contribution >= 0.6 is 11.6 Å². The van der Waals surface area contributed by atoms with Crippen LogP contribution in [-0.2, 0) is 0 Å². The molecule has 4 nitrogen and oxygen atoms in total. The SMILES string of the molecule is Nc1ccc(NC(=O)c2ccc(-c3ccc(F)cc3)o2)c(Cl)c1. The van der Waals surface area contributed by atoms with Gasteiger partial charge in [0, 0.05) is 11.3 Å². The van der Waals surface area contributed by atoms with Gasteiger partial charge >= 0.3 is 0 Å². The van der Waals surface area contributed by atoms with Gasteiger partial charge in [0.2, 0.25) is 0 Å². The Morgan fingerprint density at radius 3 is 2.52 bits per heavy atom. The van der Waals surface area contributed by atoms with Gasteiger partial charge in [-0.25, -0.2) is 4.39 Å². The summed E-state index contributed by atoms with van der Waals surface area (Å²) in [5, 5.41) is 2.98. The van der Waals surface area contributed by atoms with E-state index in [2.05, 4.69) is 5.32 Å². The maximum absolute atomic E-state index is 12.9. The molecule has 6 heteroatoms. The molecule has 0 aliphatic carbocycles. The van der Waals surface area contributed by atoms with E-state index >= 15 is 0 Å². The summed E-state index contributed by atoms with van der Waals surface area (Å²) in [6.07, 6.45) is 0. The van der Waals surface area contributed by atoms with E-state index < -0.39 is 5.91 Å². The fourth-order valence-electron chi connectivity index (χ4n) is 2.05. The molecular formula is C17H12ClFN2O2. The highest BCUT2D eigenvalue weighted by Crippen LogP contribution is 2.26. The molecule has 0 saturated carbocycles. The Kier molecular flexibility index (Phi) is 4.04. The Labute approximate surface area is 136 Å². The molecule has 0 radical (unpaired) electrons. The van der Waals surface area contributed by atoms with Crippen LogP contribution in [0.1, 0.15) is 10.6 Å². The lowest BCUT2D eigenvalue weighted by atomic mass is 10.2. The van der Waals surface area contributed by atoms with Gasteiger partial charge in [-0.1, -0.05) is 11.6 Å². The van der Waals surface area contributed by atoms with E-state index in [-0.39, 0.29) is 11.6 Å². The van der Waals surface area contributed by atoms with E-state index in [1.807, 2.05) is 0 Å². The second-order valence-electron chi connectivity index (χ2n) is 4.86. The molecule has 3 aromatic rings. The van der Waals surface area contributed by atoms with Crippen LogP contribution in [0.5, 0.6) is 0 Å². The molecule has 23 heavy (non-hydrogen) atoms. The molecule has 3 N–H and O–H groups in total. The van der Waals surface area contributed by atoms with E-state index in [0.29, 0.717) is 27.7 Å². The Hall–Kier alpha value is -2.79. The third kappa shape index (κ3) is 3.35. The van der Waals surface area contributed by atoms with Gasteiger partial charge in [0.25, 0.3) is 5.91 Å². The van der Waals surface area contributed by atoms with Gasteiger partial charge in [-0.15, -0.1) is 0 Å². The van der Waals surface area contributed by atoms with Gasteiger partial charge in [0.1, 0.15) is 11.6 Å². The molecule has 0 atom stereocenters. The van der Waals surface area contributed by atoms with Gasteiger partial charge in [0.15, 0.2) is 5.76 Å². The van der Waals surface area contributed by atoms with Crippen molar-refractivity contribution in [2.75, 3.05) is 11.1 Å². The number of nitrogens with two attached hydrogens (primary N) is 1. The van der Waals surface area contributed by atoms with Crippen molar-refractivity contribution >= 4 is 28.9 Å². The van der Waals surface area contributed by atoms with Crippen molar-refractivity contribution in [3.8, 4) is 11.3 Å². The maximum Gasteiger partial charge on any atom is 0.291 e. The average Bonchev–Trinajstić information content (AvgIpc) is 3.01. The summed E-state index contributed by atoms with van der Waals surface area (Å²) < 4.78 is 18.4. The zero-order valence-electron chi connectivity index (χ0n) is 11.8. The molecule has 1 heterocycles. The number of carbonyl (C=O) groups is 1. The first-order chi connectivity index (χ1) is 11.0. The summed E-state index contributed by atoms with van der Waals surface area (Å²) in [5.74, 6) is -0.183. The van der Waals surface area contributed by atoms with Crippen molar-refractivity contribution in [1.82, 2.24) is 0 Å². The largest absolute Gasteiger partial charge is 0.451 e. The molecule has 1 amide bonds. The Morgan fingerprint density at radius 1 is 1.09 bits per heavy atom. The number of halogens is 2. The van der Waals surface area contributed by atoms with Crippen LogP contribution in [0.25, 0.3) is 11.3 Å². The summed E-state index contributed by atoms with van der Waals surface area (Å²) in [4.78, 5) is 12.2. The molecule has 0 aliphatic heterocycles. The first-order valence-corrected chi connectivity index (χ1v) is 7.13. The van der Waals surface area contributed by atoms with Crippen molar-refractivity contribution in [3.05, 3.63) is 71.2 Å². The van der Waals surface area contributed by atoms with Crippen LogP contribution in [0.4, 0.5) is 15.8 Å². The molecular weight excluding hydrogens is 319 g/mol. The minimum Gasteiger partial charge on any atom is -0.451 e. The highest BCUT2D eigenvalue weighted by atomic mass is 35.5. The maximum atomic E-state index is 12.9. The van der Waals surface area contributed by atoms with E-state index in [4.69, 9.17) is 21.8 Å². The zero-order chi connectivity index (χ0) is 16.4. The van der Waals surface area contributed by atoms with E-state index in [0.717, 1.165) is 0 Å². The molecule has 0 bridgehead atoms. The Balaban J connectivity index is 1.79. The van der Waals surface area contributed by atoms with Crippen LogP contribution in [0.3, 0.4) is 0 Å². The highest BCUT2D eigenvalue weighted by Gasteiger charge is 2.14. The summed E-state index contributed by atoms with van der Waals surface area (Å²) in [6, 6.07) is 13.8. The number of anilines is 2. The first kappa shape index (κ1) is 15.1. The van der Waals surface area contributed by atoms with Crippen molar-refractivity contribution in [2.45, 2.75) is 0 Å². The molecule has 0 fully saturated rings. The predicted molar refractivity (Wildman–Crippen MR) is 87.9 cm³/mol. The number of hydrogen-bond donors (Lipinski definition) is 2. The van der Waals surface area contributed by atoms with Crippen LogP contribution in [0.2, 0.25) is 5.02 Å². The third-order valence-corrected chi connectivity index (χ3v) is 3.51. The number of furan rings is 1. The third-order valence-electron chi connectivity index (χ3n) is 3.20. The fourth-order valence-corrected chi connectivity index (χ4v) is 2.28. The van der Waals surface area contributed by atoms with Crippen molar-refractivity contribution in [3.63, 3.8) is 0 Å². The zero-order valence-corrected chi connectivity index (χ0v) is 12.6. The summed E-state index contributed by atoms with van der Waals surface area (Å²) >= 11 is 6.02. The number of nitrogen functional groups attached to an aromatic ring is 1. The minimum atomic E-state index is -0.440. The quantitative estimate of drug-likeness (QED) is 0.691.